The van der Waals surface area contributed by atoms with E-state index in [1.54, 1.807) is 0 Å². The molecule has 0 spiro atoms. The Morgan fingerprint density at radius 1 is 0.362 bits per heavy atom. The van der Waals surface area contributed by atoms with E-state index >= 15 is 0 Å². The van der Waals surface area contributed by atoms with E-state index in [1.807, 2.05) is 74.8 Å². The van der Waals surface area contributed by atoms with E-state index in [4.69, 9.17) is 39.9 Å². The van der Waals surface area contributed by atoms with E-state index in [0.717, 1.165) is 155 Å². The van der Waals surface area contributed by atoms with Crippen molar-refractivity contribution in [3.63, 3.8) is 0 Å². The van der Waals surface area contributed by atoms with Crippen LogP contribution in [0.5, 0.6) is 0 Å². The fourth-order valence-corrected chi connectivity index (χ4v) is 18.6. The molecule has 116 heavy (non-hydrogen) atoms. The van der Waals surface area contributed by atoms with E-state index in [2.05, 4.69) is 298 Å². The summed E-state index contributed by atoms with van der Waals surface area (Å²) < 4.78 is 9.05. The van der Waals surface area contributed by atoms with Gasteiger partial charge in [-0.05, 0) is 204 Å². The van der Waals surface area contributed by atoms with Crippen molar-refractivity contribution in [1.29, 1.82) is 0 Å². The standard InChI is InChI=1S/C29H24N3.C27H20N3.C22H18N3.C21H18N3Si.4Ir/c1-18(2)17-20-12-14-21(15-13-20)22-7-6-10-26-27(22)28-23(16-11-19(3)30-28)29-31-24-8-4-5-9-25(24)32(26)29;1-16-8-6-9-17(2)24(16)19-10-7-13-23-25(19)26-20(15-14-18(3)28-26)27-29-21-11-4-5-12-22(21)30(23)27;1-22(2,3)15-9-6-12-18-19(15)20-14(8-7-13-23-20)21-24-16-10-4-5-11-17(16)25(18)21;1-25(2,3)18-12-6-11-17-19(18)20-14(8-7-13-22-20)21-23-15-9-4-5-10-16(15)24(17)21;;;;/h4-15,18H,17H2,1-3H3;4-14H,1-3H3;2*4-7,9-13H,1-3H3;;;;/q4*-1;;;;. The number of imidazole rings is 4. The second kappa shape index (κ2) is 31.8. The molecule has 22 rings (SSSR count). The molecule has 17 heteroatoms. The van der Waals surface area contributed by atoms with Gasteiger partial charge in [-0.15, -0.1) is 48.5 Å². The van der Waals surface area contributed by atoms with E-state index in [0.29, 0.717) is 5.92 Å². The van der Waals surface area contributed by atoms with Gasteiger partial charge in [-0.25, -0.2) is 0 Å². The number of para-hydroxylation sites is 8. The zero-order chi connectivity index (χ0) is 76.6. The topological polar surface area (TPSA) is 121 Å². The number of pyridine rings is 8. The van der Waals surface area contributed by atoms with Crippen LogP contribution in [0, 0.1) is 57.9 Å². The van der Waals surface area contributed by atoms with Crippen molar-refractivity contribution < 1.29 is 80.4 Å². The molecule has 0 fully saturated rings. The summed E-state index contributed by atoms with van der Waals surface area (Å²) in [6, 6.07) is 96.3. The van der Waals surface area contributed by atoms with E-state index in [1.165, 1.54) is 66.0 Å². The van der Waals surface area contributed by atoms with Crippen molar-refractivity contribution in [1.82, 2.24) is 57.5 Å². The van der Waals surface area contributed by atoms with Crippen molar-refractivity contribution in [2.24, 2.45) is 5.92 Å². The summed E-state index contributed by atoms with van der Waals surface area (Å²) >= 11 is 0. The number of aromatic nitrogens is 12. The molecule has 4 radical (unpaired) electrons. The van der Waals surface area contributed by atoms with Crippen molar-refractivity contribution in [2.75, 3.05) is 0 Å². The monoisotopic (exact) mass is 2240 g/mol. The van der Waals surface area contributed by atoms with Gasteiger partial charge in [0.25, 0.3) is 0 Å². The van der Waals surface area contributed by atoms with Gasteiger partial charge in [0, 0.05) is 102 Å². The average molecular weight is 2230 g/mol. The molecule has 12 heterocycles. The Kier molecular flexibility index (Phi) is 22.1. The first kappa shape index (κ1) is 80.7. The maximum atomic E-state index is 4.99. The number of aryl methyl sites for hydroxylation is 4. The minimum atomic E-state index is -1.54. The van der Waals surface area contributed by atoms with Gasteiger partial charge in [-0.2, -0.15) is 0 Å². The van der Waals surface area contributed by atoms with Crippen LogP contribution in [0.15, 0.2) is 249 Å². The molecule has 0 saturated carbocycles. The maximum absolute atomic E-state index is 4.99. The summed E-state index contributed by atoms with van der Waals surface area (Å²) in [6.45, 7) is 26.8. The quantitative estimate of drug-likeness (QED) is 0.0949. The Balaban J connectivity index is 0.000000121. The maximum Gasteiger partial charge on any atom is 0.0775 e. The predicted octanol–water partition coefficient (Wildman–Crippen LogP) is 23.6. The fourth-order valence-electron chi connectivity index (χ4n) is 17.1. The van der Waals surface area contributed by atoms with Gasteiger partial charge < -0.3 is 37.5 Å². The molecule has 12 nitrogen and oxygen atoms in total. The number of fused-ring (bicyclic) bond motifs is 32. The van der Waals surface area contributed by atoms with Gasteiger partial charge in [0.05, 0.1) is 74.8 Å². The molecule has 0 unspecified atom stereocenters. The molecule has 580 valence electrons. The van der Waals surface area contributed by atoms with Gasteiger partial charge in [0.15, 0.2) is 0 Å². The summed E-state index contributed by atoms with van der Waals surface area (Å²) in [7, 11) is -1.54. The molecular formula is C99H80Ir4N12Si-4. The van der Waals surface area contributed by atoms with Gasteiger partial charge in [-0.1, -0.05) is 247 Å². The van der Waals surface area contributed by atoms with E-state index < -0.39 is 8.07 Å². The number of nitrogens with zero attached hydrogens (tertiary/aromatic N) is 12. The number of benzene rings is 10. The minimum Gasteiger partial charge on any atom is -0.351 e. The number of hydrogen-bond donors (Lipinski definition) is 0. The molecule has 10 aromatic carbocycles. The summed E-state index contributed by atoms with van der Waals surface area (Å²) in [5, 5.41) is 10.1. The van der Waals surface area contributed by atoms with E-state index in [-0.39, 0.29) is 85.8 Å². The molecular weight excluding hydrogens is 2150 g/mol. The first-order chi connectivity index (χ1) is 54.3. The molecule has 0 amide bonds. The van der Waals surface area contributed by atoms with Gasteiger partial charge in [-0.3, -0.25) is 19.9 Å². The van der Waals surface area contributed by atoms with Crippen molar-refractivity contribution in [2.45, 2.75) is 93.8 Å². The largest absolute Gasteiger partial charge is 0.351 e. The van der Waals surface area contributed by atoms with Crippen LogP contribution in [0.25, 0.3) is 176 Å². The van der Waals surface area contributed by atoms with Crippen LogP contribution >= 0.6 is 0 Å². The van der Waals surface area contributed by atoms with Crippen LogP contribution in [0.2, 0.25) is 19.6 Å². The Labute approximate surface area is 727 Å². The first-order valence-corrected chi connectivity index (χ1v) is 42.0. The molecule has 0 aliphatic carbocycles. The molecule has 0 saturated heterocycles. The summed E-state index contributed by atoms with van der Waals surface area (Å²) in [4.78, 5) is 39.1. The molecule has 0 aliphatic rings. The Hall–Kier alpha value is -10.5. The summed E-state index contributed by atoms with van der Waals surface area (Å²) in [5.41, 5.74) is 32.6. The molecule has 12 aromatic heterocycles. The second-order valence-electron chi connectivity index (χ2n) is 32.1. The van der Waals surface area contributed by atoms with E-state index in [9.17, 15) is 0 Å². The van der Waals surface area contributed by atoms with Crippen LogP contribution < -0.4 is 5.19 Å². The van der Waals surface area contributed by atoms with Crippen molar-refractivity contribution in [3.05, 3.63) is 307 Å². The SMILES string of the molecule is CC(C)(C)c1cccc2c1c1ncc[c-]c1c1nc3ccccc3n21.C[Si](C)(C)c1cccc2c1c1ncc[c-]c1c1nc3ccccc3n21.Cc1c[c-]c2c(n1)c1c(-c3c(C)cccc3C)cccc1n1c3ccccc3nc21.Cc1c[c-]c2c(n1)c1c(-c3ccc(CC(C)C)cc3)cccc1n1c3ccccc3nc21.[Ir].[Ir].[Ir].[Ir]. The first-order valence-electron chi connectivity index (χ1n) is 38.5. The van der Waals surface area contributed by atoms with Crippen molar-refractivity contribution in [3.8, 4) is 22.3 Å². The van der Waals surface area contributed by atoms with Crippen LogP contribution in [-0.4, -0.2) is 65.5 Å². The van der Waals surface area contributed by atoms with Crippen LogP contribution in [-0.2, 0) is 92.3 Å². The number of rotatable bonds is 5. The third-order valence-corrected chi connectivity index (χ3v) is 23.9. The predicted molar refractivity (Wildman–Crippen MR) is 467 cm³/mol. The average Bonchev–Trinajstić information content (AvgIpc) is 1.54. The molecule has 0 atom stereocenters. The van der Waals surface area contributed by atoms with Crippen LogP contribution in [0.3, 0.4) is 0 Å². The Bertz CT molecular complexity index is 7400. The summed E-state index contributed by atoms with van der Waals surface area (Å²) in [5.74, 6) is 0.646. The third kappa shape index (κ3) is 13.7. The second-order valence-corrected chi connectivity index (χ2v) is 37.1. The Morgan fingerprint density at radius 2 is 0.724 bits per heavy atom. The normalized spacial score (nSPS) is 11.8. The Morgan fingerprint density at radius 3 is 1.16 bits per heavy atom. The molecule has 0 bridgehead atoms. The molecule has 0 aliphatic heterocycles. The van der Waals surface area contributed by atoms with Gasteiger partial charge >= 0.3 is 0 Å². The van der Waals surface area contributed by atoms with Crippen molar-refractivity contribution >= 4 is 167 Å². The van der Waals surface area contributed by atoms with Gasteiger partial charge in [0.1, 0.15) is 0 Å². The van der Waals surface area contributed by atoms with Crippen LogP contribution in [0.4, 0.5) is 0 Å². The molecule has 22 aromatic rings. The third-order valence-electron chi connectivity index (χ3n) is 21.9. The smallest absolute Gasteiger partial charge is 0.0775 e. The minimum absolute atomic E-state index is 0. The zero-order valence-corrected chi connectivity index (χ0v) is 76.7. The number of hydrogen-bond acceptors (Lipinski definition) is 8. The fraction of sp³-hybridized carbons (Fsp3) is 0.152. The molecule has 0 N–H and O–H groups in total. The van der Waals surface area contributed by atoms with Crippen LogP contribution in [0.1, 0.15) is 68.3 Å². The zero-order valence-electron chi connectivity index (χ0n) is 66.2. The summed E-state index contributed by atoms with van der Waals surface area (Å²) in [6.07, 6.45) is 4.75. The van der Waals surface area contributed by atoms with Gasteiger partial charge in [0.2, 0.25) is 0 Å².